The van der Waals surface area contributed by atoms with Crippen LogP contribution >= 0.6 is 27.2 Å². The summed E-state index contributed by atoms with van der Waals surface area (Å²) in [5.74, 6) is -9.19. The molecule has 39 heteroatoms. The first kappa shape index (κ1) is 106. The van der Waals surface area contributed by atoms with Crippen molar-refractivity contribution in [3.8, 4) is 0 Å². The number of hydrogen-bond acceptors (Lipinski definition) is 23. The maximum atomic E-state index is 14.4. The third-order valence-corrected chi connectivity index (χ3v) is 23.6. The number of phosphoric acid groups is 2. The summed E-state index contributed by atoms with van der Waals surface area (Å²) in [6.07, 6.45) is 8.02. The Kier molecular flexibility index (Phi) is 47.0. The number of urea groups is 1. The normalized spacial score (nSPS) is 22.9. The number of phosphoric ester groups is 2. The summed E-state index contributed by atoms with van der Waals surface area (Å²) in [6, 6.07) is 5.06. The minimum Gasteiger partial charge on any atom is -0.461 e. The average Bonchev–Trinajstić information content (AvgIpc) is 0.846. The van der Waals surface area contributed by atoms with E-state index in [1.165, 1.54) is 40.9 Å². The van der Waals surface area contributed by atoms with Crippen molar-refractivity contribution in [3.63, 3.8) is 0 Å². The van der Waals surface area contributed by atoms with Crippen LogP contribution in [0.4, 0.5) is 20.1 Å². The summed E-state index contributed by atoms with van der Waals surface area (Å²) in [5, 5.41) is 21.7. The van der Waals surface area contributed by atoms with Gasteiger partial charge in [-0.25, -0.2) is 33.1 Å². The van der Waals surface area contributed by atoms with Gasteiger partial charge in [0.05, 0.1) is 19.8 Å². The van der Waals surface area contributed by atoms with E-state index in [1.54, 1.807) is 117 Å². The van der Waals surface area contributed by atoms with E-state index in [4.69, 9.17) is 50.1 Å². The van der Waals surface area contributed by atoms with Gasteiger partial charge in [0.1, 0.15) is 61.2 Å². The number of allylic oxidation sites excluding steroid dienone is 3. The second-order valence-electron chi connectivity index (χ2n) is 31.8. The fourth-order valence-corrected chi connectivity index (χ4v) is 15.3. The highest BCUT2D eigenvalue weighted by Gasteiger charge is 2.40. The average molecular weight is 1790 g/mol. The molecule has 0 bridgehead atoms. The lowest BCUT2D eigenvalue weighted by molar-refractivity contribution is -0.155. The number of halogens is 1. The largest absolute Gasteiger partial charge is 0.481 e. The Hall–Kier alpha value is -9.28. The zero-order valence-corrected chi connectivity index (χ0v) is 75.8. The Balaban J connectivity index is 1.30. The number of esters is 3. The number of carbonyl (C=O) groups is 13. The fraction of sp³-hybridized carbons (Fsp3) is 0.631. The number of rotatable bonds is 38. The number of nitrogens with zero attached hydrogens (tertiary/aromatic N) is 2. The summed E-state index contributed by atoms with van der Waals surface area (Å²) >= 11 is 6.18. The van der Waals surface area contributed by atoms with Crippen molar-refractivity contribution < 1.29 is 118 Å². The van der Waals surface area contributed by atoms with Crippen LogP contribution < -0.4 is 48.3 Å². The topological polar surface area (TPSA) is 499 Å². The number of alkyl carbamates (subject to hydrolysis) is 2. The molecule has 5 unspecified atom stereocenters. The molecule has 123 heavy (non-hydrogen) atoms. The van der Waals surface area contributed by atoms with Gasteiger partial charge in [0.15, 0.2) is 6.10 Å². The summed E-state index contributed by atoms with van der Waals surface area (Å²) in [6.45, 7) is 18.4. The summed E-state index contributed by atoms with van der Waals surface area (Å²) < 4.78 is 68.8. The Morgan fingerprint density at radius 3 is 1.97 bits per heavy atom. The first-order valence-electron chi connectivity index (χ1n) is 42.0. The van der Waals surface area contributed by atoms with Crippen LogP contribution in [-0.2, 0) is 107 Å². The molecule has 0 spiro atoms. The first-order valence-corrected chi connectivity index (χ1v) is 45.4. The van der Waals surface area contributed by atoms with Gasteiger partial charge >= 0.3 is 51.8 Å². The second kappa shape index (κ2) is 54.5. The number of hydrogen-bond donors (Lipinski definition) is 11. The van der Waals surface area contributed by atoms with Crippen molar-refractivity contribution in [1.82, 2.24) is 47.0 Å². The number of benzene rings is 2. The minimum absolute atomic E-state index is 0.0158. The van der Waals surface area contributed by atoms with E-state index < -0.39 is 173 Å². The Morgan fingerprint density at radius 2 is 1.34 bits per heavy atom. The molecule has 11 amide bonds. The number of unbranched alkanes of at least 4 members (excludes halogenated alkanes) is 5. The number of nitrogens with one attached hydrogen (secondary N) is 8. The van der Waals surface area contributed by atoms with Gasteiger partial charge in [-0.3, -0.25) is 47.4 Å². The SMILES string of the molecule is C/C=C(\C)C1OC(=O)[C@@H](C)NC(=O)[C@H](C(C)CC)NC(=O)CN(C)C(=O)[C@@H](Cc2ccc(Cl)cc2)N(C)C(=O)[C@H](C)NC(=O)[C@@H](CC(C)C)OC(=O)/C(C)=C/C[C@H](OC(=O)NCCCCCOP(=O)(O)OP(=O)(O)OCCCCCCC(=O)OCc2ccc(NC(=O)[C@@H](CCCNC(N)=O)NC(=O)[C@H](NC(=O)OC3CC/C=C/CCC3)C(C)C)cc2)[C@@H]1C. The lowest BCUT2D eigenvalue weighted by atomic mass is 9.90. The summed E-state index contributed by atoms with van der Waals surface area (Å²) in [5.41, 5.74) is 7.26. The smallest absolute Gasteiger partial charge is 0.461 e. The summed E-state index contributed by atoms with van der Waals surface area (Å²) in [7, 11) is -7.54. The fourth-order valence-electron chi connectivity index (χ4n) is 13.0. The van der Waals surface area contributed by atoms with Crippen LogP contribution in [-0.4, -0.2) is 205 Å². The molecule has 1 aliphatic heterocycles. The van der Waals surface area contributed by atoms with Gasteiger partial charge in [-0.1, -0.05) is 128 Å². The molecule has 2 aromatic rings. The maximum Gasteiger partial charge on any atom is 0.481 e. The number of ether oxygens (including phenoxy) is 5. The van der Waals surface area contributed by atoms with E-state index in [2.05, 4.69) is 59.0 Å². The molecule has 2 aromatic carbocycles. The van der Waals surface area contributed by atoms with Gasteiger partial charge in [0, 0.05) is 68.6 Å². The Bertz CT molecular complexity index is 4020. The van der Waals surface area contributed by atoms with Crippen molar-refractivity contribution in [3.05, 3.63) is 100 Å². The van der Waals surface area contributed by atoms with Crippen molar-refractivity contribution >= 4 is 110 Å². The Labute approximate surface area is 726 Å². The predicted molar refractivity (Wildman–Crippen MR) is 458 cm³/mol. The summed E-state index contributed by atoms with van der Waals surface area (Å²) in [4.78, 5) is 200. The van der Waals surface area contributed by atoms with E-state index in [0.29, 0.717) is 65.9 Å². The first-order chi connectivity index (χ1) is 58.0. The number of amides is 11. The molecule has 0 fully saturated rings. The van der Waals surface area contributed by atoms with Crippen LogP contribution in [0.25, 0.3) is 0 Å². The van der Waals surface area contributed by atoms with Crippen molar-refractivity contribution in [2.24, 2.45) is 29.4 Å². The van der Waals surface area contributed by atoms with Crippen molar-refractivity contribution in [2.75, 3.05) is 52.3 Å². The van der Waals surface area contributed by atoms with E-state index in [-0.39, 0.29) is 114 Å². The van der Waals surface area contributed by atoms with Gasteiger partial charge in [0.2, 0.25) is 35.4 Å². The number of anilines is 1. The molecular formula is C84H130ClN11O25P2. The standard InChI is InChI=1S/C84H130ClN11O25P2/c1-15-54(7)72-77(102)90-59(12)81(106)120-73(55(8)16-2)57(10)67(43-34-56(9)80(105)118-68(48-52(3)4)75(100)89-58(11)78(103)96(14)66(49-60-35-39-62(85)40-36-60)79(104)95(13)50-69(97)93-72)119-83(108)88-44-26-22-28-47-116-123(112,113)121-122(110,111)115-46-27-21-20-25-33-70(98)114-51-61-37-41-63(42-38-61)91-74(99)65(32-29-45-87-82(86)107)92-76(101)71(53(5)6)94-84(109)117-64-30-23-18-17-19-24-31-64/h16-18,34-42,52-54,57-59,64-68,71-73H,15,19-33,43-51H2,1-14H3,(H,88,108)(H,89,100)(H,90,102)(H,91,99)(H,92,101)(H,93,97)(H,94,109)(H,110,111)(H,112,113)(H3,86,87,107)/b18-17+,55-16+,56-34+/t54?,57-,58-,59+,64?,65+,66+,67-,68+,71+,72-,73?/m0/s1. The van der Waals surface area contributed by atoms with Gasteiger partial charge in [-0.15, -0.1) is 0 Å². The van der Waals surface area contributed by atoms with Crippen LogP contribution in [0.1, 0.15) is 210 Å². The molecule has 0 saturated heterocycles. The zero-order valence-electron chi connectivity index (χ0n) is 73.2. The molecule has 12 N–H and O–H groups in total. The highest BCUT2D eigenvalue weighted by atomic mass is 35.5. The van der Waals surface area contributed by atoms with Gasteiger partial charge in [-0.05, 0) is 177 Å². The van der Waals surface area contributed by atoms with E-state index in [9.17, 15) is 81.2 Å². The number of primary amides is 1. The number of cyclic esters (lactones) is 2. The highest BCUT2D eigenvalue weighted by molar-refractivity contribution is 7.61. The molecule has 0 radical (unpaired) electrons. The molecule has 1 aliphatic carbocycles. The monoisotopic (exact) mass is 1790 g/mol. The molecule has 36 nitrogen and oxygen atoms in total. The number of carbonyl (C=O) groups excluding carboxylic acids is 13. The molecule has 0 saturated carbocycles. The molecule has 1 heterocycles. The van der Waals surface area contributed by atoms with E-state index >= 15 is 0 Å². The molecule has 4 rings (SSSR count). The molecule has 14 atom stereocenters. The zero-order chi connectivity index (χ0) is 91.7. The van der Waals surface area contributed by atoms with Crippen LogP contribution in [0, 0.1) is 23.7 Å². The molecule has 0 aromatic heterocycles. The lowest BCUT2D eigenvalue weighted by Crippen LogP contribution is -2.57. The Morgan fingerprint density at radius 1 is 0.724 bits per heavy atom. The minimum atomic E-state index is -5.15. The third kappa shape index (κ3) is 40.1. The van der Waals surface area contributed by atoms with E-state index in [0.717, 1.165) is 29.1 Å². The maximum absolute atomic E-state index is 14.4. The predicted octanol–water partition coefficient (Wildman–Crippen LogP) is 10.3. The van der Waals surface area contributed by atoms with Crippen LogP contribution in [0.2, 0.25) is 5.02 Å². The van der Waals surface area contributed by atoms with Gasteiger partial charge in [0.25, 0.3) is 5.91 Å². The highest BCUT2D eigenvalue weighted by Crippen LogP contribution is 2.60. The van der Waals surface area contributed by atoms with Crippen LogP contribution in [0.3, 0.4) is 0 Å². The van der Waals surface area contributed by atoms with Crippen molar-refractivity contribution in [2.45, 2.75) is 272 Å². The van der Waals surface area contributed by atoms with Crippen molar-refractivity contribution in [1.29, 1.82) is 0 Å². The molecule has 688 valence electrons. The third-order valence-electron chi connectivity index (χ3n) is 20.6. The lowest BCUT2D eigenvalue weighted by Gasteiger charge is -2.33. The number of nitrogens with two attached hydrogens (primary N) is 1. The second-order valence-corrected chi connectivity index (χ2v) is 35.3. The number of likely N-dealkylation sites (N-methyl/N-ethyl adjacent to an activating group) is 2. The molecular weight excluding hydrogens is 1660 g/mol. The van der Waals surface area contributed by atoms with Crippen LogP contribution in [0.15, 0.2) is 84.0 Å². The van der Waals surface area contributed by atoms with Crippen LogP contribution in [0.5, 0.6) is 0 Å². The van der Waals surface area contributed by atoms with Gasteiger partial charge in [-0.2, -0.15) is 4.31 Å². The molecule has 2 aliphatic rings. The quantitative estimate of drug-likeness (QED) is 0.00978. The van der Waals surface area contributed by atoms with E-state index in [1.807, 2.05) is 0 Å². The van der Waals surface area contributed by atoms with Gasteiger partial charge < -0.3 is 91.5 Å².